The SMILES string of the molecule is CC(=O)c1ccc(Oc2cnc3cc(F)c(F)cc3n2)c(Cl)c1. The number of benzene rings is 2. The number of hydrogen-bond donors (Lipinski definition) is 0. The van der Waals surface area contributed by atoms with Gasteiger partial charge < -0.3 is 4.74 Å². The highest BCUT2D eigenvalue weighted by molar-refractivity contribution is 6.32. The van der Waals surface area contributed by atoms with E-state index < -0.39 is 11.6 Å². The van der Waals surface area contributed by atoms with Crippen LogP contribution in [0.1, 0.15) is 17.3 Å². The Bertz CT molecular complexity index is 931. The van der Waals surface area contributed by atoms with E-state index in [4.69, 9.17) is 16.3 Å². The number of ether oxygens (including phenoxy) is 1. The summed E-state index contributed by atoms with van der Waals surface area (Å²) in [5.41, 5.74) is 0.802. The first kappa shape index (κ1) is 15.3. The summed E-state index contributed by atoms with van der Waals surface area (Å²) >= 11 is 6.05. The maximum absolute atomic E-state index is 13.3. The summed E-state index contributed by atoms with van der Waals surface area (Å²) in [6, 6.07) is 6.45. The molecule has 116 valence electrons. The van der Waals surface area contributed by atoms with Crippen LogP contribution in [0.3, 0.4) is 0 Å². The maximum Gasteiger partial charge on any atom is 0.238 e. The number of hydrogen-bond acceptors (Lipinski definition) is 4. The van der Waals surface area contributed by atoms with Crippen LogP contribution in [-0.4, -0.2) is 15.8 Å². The van der Waals surface area contributed by atoms with Crippen molar-refractivity contribution in [3.63, 3.8) is 0 Å². The van der Waals surface area contributed by atoms with E-state index in [1.807, 2.05) is 0 Å². The molecule has 3 rings (SSSR count). The minimum atomic E-state index is -1.02. The minimum Gasteiger partial charge on any atom is -0.436 e. The first-order valence-electron chi connectivity index (χ1n) is 6.54. The third-order valence-electron chi connectivity index (χ3n) is 3.12. The number of carbonyl (C=O) groups excluding carboxylic acids is 1. The zero-order valence-electron chi connectivity index (χ0n) is 11.8. The van der Waals surface area contributed by atoms with Gasteiger partial charge in [-0.3, -0.25) is 4.79 Å². The lowest BCUT2D eigenvalue weighted by molar-refractivity contribution is 0.101. The van der Waals surface area contributed by atoms with E-state index in [0.717, 1.165) is 12.1 Å². The molecule has 0 fully saturated rings. The van der Waals surface area contributed by atoms with Crippen LogP contribution in [0.2, 0.25) is 5.02 Å². The fraction of sp³-hybridized carbons (Fsp3) is 0.0625. The Labute approximate surface area is 134 Å². The summed E-state index contributed by atoms with van der Waals surface area (Å²) in [5, 5.41) is 0.227. The summed E-state index contributed by atoms with van der Waals surface area (Å²) in [4.78, 5) is 19.3. The number of Topliss-reactive ketones (excluding diaryl/α,β-unsaturated/α-hetero) is 1. The number of carbonyl (C=O) groups is 1. The van der Waals surface area contributed by atoms with Crippen molar-refractivity contribution in [2.45, 2.75) is 6.92 Å². The Morgan fingerprint density at radius 2 is 1.83 bits per heavy atom. The molecule has 0 saturated carbocycles. The molecule has 0 aliphatic heterocycles. The molecular weight excluding hydrogens is 326 g/mol. The van der Waals surface area contributed by atoms with Gasteiger partial charge in [-0.05, 0) is 25.1 Å². The Morgan fingerprint density at radius 1 is 1.13 bits per heavy atom. The molecule has 4 nitrogen and oxygen atoms in total. The van der Waals surface area contributed by atoms with Gasteiger partial charge in [0.05, 0.1) is 22.3 Å². The highest BCUT2D eigenvalue weighted by Crippen LogP contribution is 2.30. The van der Waals surface area contributed by atoms with Crippen molar-refractivity contribution in [1.82, 2.24) is 9.97 Å². The van der Waals surface area contributed by atoms with E-state index in [2.05, 4.69) is 9.97 Å². The molecule has 0 unspecified atom stereocenters. The standard InChI is InChI=1S/C16H9ClF2N2O2/c1-8(22)9-2-3-15(10(17)4-9)23-16-7-20-13-5-11(18)12(19)6-14(13)21-16/h2-7H,1H3. The van der Waals surface area contributed by atoms with Crippen LogP contribution >= 0.6 is 11.6 Å². The predicted molar refractivity (Wildman–Crippen MR) is 81.0 cm³/mol. The van der Waals surface area contributed by atoms with Gasteiger partial charge in [0.25, 0.3) is 0 Å². The van der Waals surface area contributed by atoms with E-state index in [1.54, 1.807) is 6.07 Å². The normalized spacial score (nSPS) is 10.8. The molecule has 0 aliphatic carbocycles. The lowest BCUT2D eigenvalue weighted by Gasteiger charge is -2.08. The molecule has 2 aromatic carbocycles. The Morgan fingerprint density at radius 3 is 2.48 bits per heavy atom. The predicted octanol–water partition coefficient (Wildman–Crippen LogP) is 4.56. The molecule has 1 heterocycles. The topological polar surface area (TPSA) is 52.1 Å². The van der Waals surface area contributed by atoms with Crippen molar-refractivity contribution in [2.24, 2.45) is 0 Å². The van der Waals surface area contributed by atoms with Crippen molar-refractivity contribution in [3.8, 4) is 11.6 Å². The van der Waals surface area contributed by atoms with Gasteiger partial charge in [-0.2, -0.15) is 0 Å². The average Bonchev–Trinajstić information content (AvgIpc) is 2.50. The van der Waals surface area contributed by atoms with Crippen LogP contribution in [-0.2, 0) is 0 Å². The Hall–Kier alpha value is -2.60. The molecular formula is C16H9ClF2N2O2. The smallest absolute Gasteiger partial charge is 0.238 e. The molecule has 0 radical (unpaired) electrons. The van der Waals surface area contributed by atoms with Crippen molar-refractivity contribution in [1.29, 1.82) is 0 Å². The fourth-order valence-electron chi connectivity index (χ4n) is 1.96. The van der Waals surface area contributed by atoms with E-state index in [9.17, 15) is 13.6 Å². The third kappa shape index (κ3) is 3.12. The van der Waals surface area contributed by atoms with Gasteiger partial charge in [-0.15, -0.1) is 0 Å². The summed E-state index contributed by atoms with van der Waals surface area (Å²) < 4.78 is 31.9. The quantitative estimate of drug-likeness (QED) is 0.659. The van der Waals surface area contributed by atoms with Crippen molar-refractivity contribution in [3.05, 3.63) is 58.7 Å². The fourth-order valence-corrected chi connectivity index (χ4v) is 2.17. The van der Waals surface area contributed by atoms with Gasteiger partial charge in [0.1, 0.15) is 5.75 Å². The Kier molecular flexibility index (Phi) is 3.92. The molecule has 3 aromatic rings. The van der Waals surface area contributed by atoms with Crippen molar-refractivity contribution in [2.75, 3.05) is 0 Å². The number of nitrogens with zero attached hydrogens (tertiary/aromatic N) is 2. The van der Waals surface area contributed by atoms with Gasteiger partial charge >= 0.3 is 0 Å². The zero-order valence-corrected chi connectivity index (χ0v) is 12.6. The molecule has 23 heavy (non-hydrogen) atoms. The number of ketones is 1. The third-order valence-corrected chi connectivity index (χ3v) is 3.41. The second kappa shape index (κ2) is 5.89. The van der Waals surface area contributed by atoms with Gasteiger partial charge in [0.2, 0.25) is 5.88 Å². The van der Waals surface area contributed by atoms with E-state index in [1.165, 1.54) is 25.3 Å². The molecule has 0 atom stereocenters. The molecule has 0 N–H and O–H groups in total. The minimum absolute atomic E-state index is 0.0704. The maximum atomic E-state index is 13.3. The molecule has 1 aromatic heterocycles. The van der Waals surface area contributed by atoms with Crippen LogP contribution in [0.5, 0.6) is 11.6 Å². The first-order chi connectivity index (χ1) is 10.9. The summed E-state index contributed by atoms with van der Waals surface area (Å²) in [7, 11) is 0. The van der Waals surface area contributed by atoms with E-state index in [-0.39, 0.29) is 33.5 Å². The Balaban J connectivity index is 1.95. The van der Waals surface area contributed by atoms with Crippen LogP contribution in [0.15, 0.2) is 36.5 Å². The largest absolute Gasteiger partial charge is 0.436 e. The van der Waals surface area contributed by atoms with Crippen LogP contribution < -0.4 is 4.74 Å². The summed E-state index contributed by atoms with van der Waals surface area (Å²) in [6.45, 7) is 1.43. The lowest BCUT2D eigenvalue weighted by Crippen LogP contribution is -1.95. The average molecular weight is 335 g/mol. The van der Waals surface area contributed by atoms with Gasteiger partial charge in [-0.1, -0.05) is 11.6 Å². The lowest BCUT2D eigenvalue weighted by atomic mass is 10.1. The van der Waals surface area contributed by atoms with Crippen LogP contribution in [0.4, 0.5) is 8.78 Å². The van der Waals surface area contributed by atoms with Gasteiger partial charge in [0, 0.05) is 17.7 Å². The van der Waals surface area contributed by atoms with Crippen molar-refractivity contribution < 1.29 is 18.3 Å². The second-order valence-electron chi connectivity index (χ2n) is 4.77. The number of rotatable bonds is 3. The highest BCUT2D eigenvalue weighted by atomic mass is 35.5. The van der Waals surface area contributed by atoms with Crippen molar-refractivity contribution >= 4 is 28.4 Å². The van der Waals surface area contributed by atoms with Gasteiger partial charge in [0.15, 0.2) is 17.4 Å². The van der Waals surface area contributed by atoms with Crippen LogP contribution in [0, 0.1) is 11.6 Å². The molecule has 0 saturated heterocycles. The summed E-state index contributed by atoms with van der Waals surface area (Å²) in [6.07, 6.45) is 1.27. The number of halogens is 3. The summed E-state index contributed by atoms with van der Waals surface area (Å²) in [5.74, 6) is -1.80. The molecule has 0 bridgehead atoms. The highest BCUT2D eigenvalue weighted by Gasteiger charge is 2.10. The second-order valence-corrected chi connectivity index (χ2v) is 5.17. The number of fused-ring (bicyclic) bond motifs is 1. The zero-order chi connectivity index (χ0) is 16.6. The molecule has 0 spiro atoms. The van der Waals surface area contributed by atoms with E-state index >= 15 is 0 Å². The first-order valence-corrected chi connectivity index (χ1v) is 6.92. The molecule has 0 amide bonds. The molecule has 7 heteroatoms. The van der Waals surface area contributed by atoms with Crippen LogP contribution in [0.25, 0.3) is 11.0 Å². The monoisotopic (exact) mass is 334 g/mol. The number of aromatic nitrogens is 2. The molecule has 0 aliphatic rings. The van der Waals surface area contributed by atoms with Gasteiger partial charge in [-0.25, -0.2) is 18.7 Å². The van der Waals surface area contributed by atoms with E-state index in [0.29, 0.717) is 5.56 Å².